The van der Waals surface area contributed by atoms with E-state index in [0.717, 1.165) is 22.2 Å². The lowest BCUT2D eigenvalue weighted by molar-refractivity contribution is 0.547. The smallest absolute Gasteiger partial charge is 0.281 e. The molecule has 0 spiro atoms. The first kappa shape index (κ1) is 13.8. The fraction of sp³-hybridized carbons (Fsp3) is 0.214. The Hall–Kier alpha value is -2.81. The van der Waals surface area contributed by atoms with Crippen molar-refractivity contribution < 1.29 is 4.42 Å². The van der Waals surface area contributed by atoms with Crippen molar-refractivity contribution in [3.8, 4) is 10.8 Å². The molecule has 23 heavy (non-hydrogen) atoms. The van der Waals surface area contributed by atoms with Gasteiger partial charge in [0.2, 0.25) is 0 Å². The molecular formula is C14H12N6O2S. The second-order valence-corrected chi connectivity index (χ2v) is 5.97. The lowest BCUT2D eigenvalue weighted by atomic mass is 10.4. The third-order valence-electron chi connectivity index (χ3n) is 3.43. The first-order valence-electron chi connectivity index (χ1n) is 6.88. The molecule has 4 aromatic heterocycles. The Morgan fingerprint density at radius 3 is 3.00 bits per heavy atom. The van der Waals surface area contributed by atoms with E-state index in [1.165, 1.54) is 26.9 Å². The maximum atomic E-state index is 12.4. The molecule has 0 atom stereocenters. The van der Waals surface area contributed by atoms with Crippen LogP contribution in [-0.4, -0.2) is 29.8 Å². The molecule has 9 heteroatoms. The van der Waals surface area contributed by atoms with E-state index in [2.05, 4.69) is 20.4 Å². The van der Waals surface area contributed by atoms with Crippen molar-refractivity contribution in [2.45, 2.75) is 13.5 Å². The van der Waals surface area contributed by atoms with Gasteiger partial charge < -0.3 is 4.42 Å². The predicted molar refractivity (Wildman–Crippen MR) is 84.2 cm³/mol. The zero-order chi connectivity index (χ0) is 16.0. The van der Waals surface area contributed by atoms with Crippen LogP contribution in [0.4, 0.5) is 0 Å². The first-order chi connectivity index (χ1) is 11.1. The van der Waals surface area contributed by atoms with Gasteiger partial charge in [-0.15, -0.1) is 16.4 Å². The predicted octanol–water partition coefficient (Wildman–Crippen LogP) is 1.60. The van der Waals surface area contributed by atoms with Crippen LogP contribution < -0.4 is 5.56 Å². The monoisotopic (exact) mass is 328 g/mol. The average molecular weight is 328 g/mol. The van der Waals surface area contributed by atoms with Gasteiger partial charge in [-0.05, 0) is 19.1 Å². The maximum absolute atomic E-state index is 12.4. The van der Waals surface area contributed by atoms with Crippen LogP contribution in [-0.2, 0) is 13.6 Å². The second-order valence-electron chi connectivity index (χ2n) is 5.11. The van der Waals surface area contributed by atoms with E-state index in [0.29, 0.717) is 11.0 Å². The van der Waals surface area contributed by atoms with Crippen LogP contribution in [0.1, 0.15) is 11.5 Å². The van der Waals surface area contributed by atoms with Crippen molar-refractivity contribution in [1.29, 1.82) is 0 Å². The zero-order valence-corrected chi connectivity index (χ0v) is 13.2. The molecule has 0 saturated heterocycles. The first-order valence-corrected chi connectivity index (χ1v) is 7.76. The number of fused-ring (bicyclic) bond motifs is 1. The minimum Gasteiger partial charge on any atom is -0.459 e. The summed E-state index contributed by atoms with van der Waals surface area (Å²) < 4.78 is 8.37. The number of furan rings is 1. The van der Waals surface area contributed by atoms with Gasteiger partial charge in [-0.2, -0.15) is 5.10 Å². The quantitative estimate of drug-likeness (QED) is 0.567. The van der Waals surface area contributed by atoms with Crippen molar-refractivity contribution in [2.24, 2.45) is 7.05 Å². The Kier molecular flexibility index (Phi) is 3.08. The van der Waals surface area contributed by atoms with Crippen molar-refractivity contribution >= 4 is 22.4 Å². The lowest BCUT2D eigenvalue weighted by Crippen LogP contribution is -2.24. The van der Waals surface area contributed by atoms with Gasteiger partial charge in [-0.3, -0.25) is 4.79 Å². The fourth-order valence-electron chi connectivity index (χ4n) is 2.28. The Balaban J connectivity index is 1.67. The van der Waals surface area contributed by atoms with Crippen LogP contribution in [0.25, 0.3) is 21.8 Å². The number of rotatable bonds is 3. The molecule has 0 aliphatic rings. The molecule has 0 unspecified atom stereocenters. The largest absolute Gasteiger partial charge is 0.459 e. The Morgan fingerprint density at radius 2 is 2.22 bits per heavy atom. The van der Waals surface area contributed by atoms with Crippen LogP contribution in [0, 0.1) is 6.92 Å². The van der Waals surface area contributed by atoms with Crippen molar-refractivity contribution in [3.63, 3.8) is 0 Å². The molecule has 0 radical (unpaired) electrons. The minimum absolute atomic E-state index is 0.230. The van der Waals surface area contributed by atoms with Crippen LogP contribution in [0.5, 0.6) is 0 Å². The summed E-state index contributed by atoms with van der Waals surface area (Å²) in [6.07, 6.45) is 1.50. The lowest BCUT2D eigenvalue weighted by Gasteiger charge is -2.00. The summed E-state index contributed by atoms with van der Waals surface area (Å²) in [5.74, 6) is 1.56. The van der Waals surface area contributed by atoms with Gasteiger partial charge in [0.1, 0.15) is 11.1 Å². The number of hydrogen-bond donors (Lipinski definition) is 0. The highest BCUT2D eigenvalue weighted by molar-refractivity contribution is 7.13. The summed E-state index contributed by atoms with van der Waals surface area (Å²) in [5.41, 5.74) is 0.974. The van der Waals surface area contributed by atoms with E-state index in [-0.39, 0.29) is 12.1 Å². The van der Waals surface area contributed by atoms with Crippen LogP contribution >= 0.6 is 11.3 Å². The Bertz CT molecular complexity index is 1060. The molecule has 0 aliphatic carbocycles. The number of nitrogens with zero attached hydrogens (tertiary/aromatic N) is 6. The van der Waals surface area contributed by atoms with E-state index in [1.54, 1.807) is 7.05 Å². The summed E-state index contributed by atoms with van der Waals surface area (Å²) in [4.78, 5) is 16.9. The summed E-state index contributed by atoms with van der Waals surface area (Å²) in [6, 6.07) is 3.77. The molecule has 4 heterocycles. The Labute approximate surface area is 134 Å². The molecule has 4 aromatic rings. The molecule has 116 valence electrons. The summed E-state index contributed by atoms with van der Waals surface area (Å²) in [6.45, 7) is 2.14. The molecule has 0 aromatic carbocycles. The fourth-order valence-corrected chi connectivity index (χ4v) is 3.05. The highest BCUT2D eigenvalue weighted by Gasteiger charge is 2.12. The highest BCUT2D eigenvalue weighted by atomic mass is 32.1. The van der Waals surface area contributed by atoms with Crippen LogP contribution in [0.2, 0.25) is 0 Å². The topological polar surface area (TPSA) is 91.6 Å². The van der Waals surface area contributed by atoms with Crippen molar-refractivity contribution in [1.82, 2.24) is 29.8 Å². The average Bonchev–Trinajstić information content (AvgIpc) is 3.23. The number of hydrogen-bond acceptors (Lipinski definition) is 7. The SMILES string of the molecule is Cc1ccc(-c2nc(Cn3nnc4c(cnn4C)c3=O)cs2)o1. The standard InChI is InChI=1S/C14H12N6O2S/c1-8-3-4-11(22-8)13-16-9(7-23-13)6-20-14(21)10-5-15-19(2)12(10)17-18-20/h3-5,7H,6H2,1-2H3. The van der Waals surface area contributed by atoms with Gasteiger partial charge in [0.05, 0.1) is 18.4 Å². The van der Waals surface area contributed by atoms with Gasteiger partial charge in [0.25, 0.3) is 5.56 Å². The molecule has 8 nitrogen and oxygen atoms in total. The molecule has 4 rings (SSSR count). The molecule has 0 saturated carbocycles. The van der Waals surface area contributed by atoms with Gasteiger partial charge in [-0.1, -0.05) is 5.21 Å². The number of aromatic nitrogens is 6. The molecule has 0 bridgehead atoms. The van der Waals surface area contributed by atoms with Gasteiger partial charge >= 0.3 is 0 Å². The van der Waals surface area contributed by atoms with E-state index in [4.69, 9.17) is 4.42 Å². The van der Waals surface area contributed by atoms with Gasteiger partial charge in [-0.25, -0.2) is 14.3 Å². The zero-order valence-electron chi connectivity index (χ0n) is 12.4. The third-order valence-corrected chi connectivity index (χ3v) is 4.34. The normalized spacial score (nSPS) is 11.4. The number of aryl methyl sites for hydroxylation is 2. The van der Waals surface area contributed by atoms with E-state index in [1.807, 2.05) is 24.4 Å². The number of thiazole rings is 1. The molecule has 0 fully saturated rings. The highest BCUT2D eigenvalue weighted by Crippen LogP contribution is 2.25. The van der Waals surface area contributed by atoms with Gasteiger partial charge in [0, 0.05) is 12.4 Å². The van der Waals surface area contributed by atoms with Crippen LogP contribution in [0.3, 0.4) is 0 Å². The summed E-state index contributed by atoms with van der Waals surface area (Å²) >= 11 is 1.46. The molecule has 0 amide bonds. The van der Waals surface area contributed by atoms with Crippen molar-refractivity contribution in [2.75, 3.05) is 0 Å². The van der Waals surface area contributed by atoms with Gasteiger partial charge in [0.15, 0.2) is 16.4 Å². The molecule has 0 aliphatic heterocycles. The van der Waals surface area contributed by atoms with E-state index < -0.39 is 0 Å². The Morgan fingerprint density at radius 1 is 1.35 bits per heavy atom. The summed E-state index contributed by atoms with van der Waals surface area (Å²) in [5, 5.41) is 15.1. The maximum Gasteiger partial charge on any atom is 0.281 e. The minimum atomic E-state index is -0.230. The van der Waals surface area contributed by atoms with Crippen molar-refractivity contribution in [3.05, 3.63) is 45.5 Å². The third kappa shape index (κ3) is 2.34. The molecule has 0 N–H and O–H groups in total. The molecular weight excluding hydrogens is 316 g/mol. The van der Waals surface area contributed by atoms with E-state index in [9.17, 15) is 4.79 Å². The summed E-state index contributed by atoms with van der Waals surface area (Å²) in [7, 11) is 1.72. The van der Waals surface area contributed by atoms with Crippen LogP contribution in [0.15, 0.2) is 32.9 Å². The van der Waals surface area contributed by atoms with E-state index >= 15 is 0 Å². The second kappa shape index (κ2) is 5.13.